The van der Waals surface area contributed by atoms with Crippen LogP contribution in [0.5, 0.6) is 0 Å². The fourth-order valence-electron chi connectivity index (χ4n) is 3.56. The molecular weight excluding hydrogens is 296 g/mol. The first kappa shape index (κ1) is 14.3. The number of rotatable bonds is 2. The third-order valence-corrected chi connectivity index (χ3v) is 4.71. The molecule has 0 N–H and O–H groups in total. The fraction of sp³-hybridized carbons (Fsp3) is 0.500. The number of aromatic nitrogens is 3. The molecule has 2 saturated heterocycles. The van der Waals surface area contributed by atoms with E-state index in [1.165, 1.54) is 0 Å². The molecule has 7 heteroatoms. The third kappa shape index (κ3) is 2.41. The zero-order valence-corrected chi connectivity index (χ0v) is 13.1. The van der Waals surface area contributed by atoms with Crippen LogP contribution in [0.4, 0.5) is 0 Å². The Balaban J connectivity index is 1.45. The third-order valence-electron chi connectivity index (χ3n) is 4.71. The second kappa shape index (κ2) is 5.42. The average molecular weight is 314 g/mol. The van der Waals surface area contributed by atoms with Gasteiger partial charge in [-0.3, -0.25) is 4.79 Å². The van der Waals surface area contributed by atoms with Crippen LogP contribution in [-0.4, -0.2) is 45.1 Å². The number of likely N-dealkylation sites (tertiary alicyclic amines) is 1. The van der Waals surface area contributed by atoms with Crippen LogP contribution in [0, 0.1) is 19.8 Å². The molecule has 0 aliphatic carbocycles. The van der Waals surface area contributed by atoms with Gasteiger partial charge < -0.3 is 14.2 Å². The maximum atomic E-state index is 12.7. The lowest BCUT2D eigenvalue weighted by Crippen LogP contribution is -2.31. The monoisotopic (exact) mass is 314 g/mol. The number of hydrogen-bond acceptors (Lipinski definition) is 6. The lowest BCUT2D eigenvalue weighted by molar-refractivity contribution is 0.0335. The summed E-state index contributed by atoms with van der Waals surface area (Å²) in [6.07, 6.45) is 4.23. The molecule has 0 saturated carbocycles. The maximum absolute atomic E-state index is 12.7. The Hall–Kier alpha value is -2.28. The topological polar surface area (TPSA) is 81.4 Å². The number of ether oxygens (including phenoxy) is 1. The molecule has 2 aromatic heterocycles. The van der Waals surface area contributed by atoms with Gasteiger partial charge >= 0.3 is 0 Å². The van der Waals surface area contributed by atoms with Crippen molar-refractivity contribution in [2.45, 2.75) is 32.5 Å². The van der Waals surface area contributed by atoms with Crippen LogP contribution in [0.1, 0.15) is 40.0 Å². The van der Waals surface area contributed by atoms with Gasteiger partial charge in [0, 0.05) is 25.2 Å². The van der Waals surface area contributed by atoms with Crippen molar-refractivity contribution in [3.8, 4) is 0 Å². The highest BCUT2D eigenvalue weighted by Crippen LogP contribution is 2.40. The Morgan fingerprint density at radius 2 is 2.22 bits per heavy atom. The van der Waals surface area contributed by atoms with Crippen LogP contribution >= 0.6 is 0 Å². The summed E-state index contributed by atoms with van der Waals surface area (Å²) < 4.78 is 11.2. The first-order valence-electron chi connectivity index (χ1n) is 7.77. The van der Waals surface area contributed by atoms with E-state index in [-0.39, 0.29) is 18.1 Å². The maximum Gasteiger partial charge on any atom is 0.259 e. The Morgan fingerprint density at radius 3 is 2.87 bits per heavy atom. The Kier molecular flexibility index (Phi) is 3.37. The smallest absolute Gasteiger partial charge is 0.259 e. The van der Waals surface area contributed by atoms with Crippen molar-refractivity contribution >= 4 is 5.91 Å². The second-order valence-electron chi connectivity index (χ2n) is 6.20. The fourth-order valence-corrected chi connectivity index (χ4v) is 3.56. The molecule has 120 valence electrons. The highest BCUT2D eigenvalue weighted by atomic mass is 16.5. The van der Waals surface area contributed by atoms with Gasteiger partial charge in [0.2, 0.25) is 0 Å². The minimum Gasteiger partial charge on any atom is -0.366 e. The molecule has 4 heterocycles. The van der Waals surface area contributed by atoms with Gasteiger partial charge in [0.25, 0.3) is 5.91 Å². The summed E-state index contributed by atoms with van der Waals surface area (Å²) in [6, 6.07) is 1.89. The van der Waals surface area contributed by atoms with E-state index in [1.807, 2.05) is 11.0 Å². The standard InChI is InChI=1S/C16H18N4O3/c1-9-15(10(2)23-19-9)16(21)20-6-11-5-13(22-14(11)7-20)12-3-4-17-8-18-12/h3-4,8,11,13-14H,5-7H2,1-2H3/t11-,13-,14+/m0/s1. The van der Waals surface area contributed by atoms with Crippen molar-refractivity contribution in [2.75, 3.05) is 13.1 Å². The normalized spacial score (nSPS) is 26.5. The van der Waals surface area contributed by atoms with Gasteiger partial charge in [0.15, 0.2) is 0 Å². The Morgan fingerprint density at radius 1 is 1.35 bits per heavy atom. The second-order valence-corrected chi connectivity index (χ2v) is 6.20. The molecule has 2 aliphatic rings. The van der Waals surface area contributed by atoms with E-state index in [9.17, 15) is 4.79 Å². The van der Waals surface area contributed by atoms with Gasteiger partial charge in [-0.2, -0.15) is 0 Å². The lowest BCUT2D eigenvalue weighted by Gasteiger charge is -2.19. The van der Waals surface area contributed by atoms with Crippen molar-refractivity contribution in [2.24, 2.45) is 5.92 Å². The summed E-state index contributed by atoms with van der Waals surface area (Å²) in [4.78, 5) is 22.7. The predicted molar refractivity (Wildman–Crippen MR) is 79.6 cm³/mol. The van der Waals surface area contributed by atoms with Crippen molar-refractivity contribution < 1.29 is 14.1 Å². The molecular formula is C16H18N4O3. The molecule has 0 unspecified atom stereocenters. The summed E-state index contributed by atoms with van der Waals surface area (Å²) in [6.45, 7) is 4.87. The molecule has 0 radical (unpaired) electrons. The van der Waals surface area contributed by atoms with Gasteiger partial charge in [-0.05, 0) is 26.3 Å². The van der Waals surface area contributed by atoms with E-state index in [4.69, 9.17) is 9.26 Å². The number of carbonyl (C=O) groups is 1. The lowest BCUT2D eigenvalue weighted by atomic mass is 10.0. The summed E-state index contributed by atoms with van der Waals surface area (Å²) in [5.41, 5.74) is 2.14. The van der Waals surface area contributed by atoms with Crippen LogP contribution < -0.4 is 0 Å². The largest absolute Gasteiger partial charge is 0.366 e. The van der Waals surface area contributed by atoms with Crippen LogP contribution in [0.15, 0.2) is 23.1 Å². The Bertz CT molecular complexity index is 697. The van der Waals surface area contributed by atoms with Gasteiger partial charge in [-0.15, -0.1) is 0 Å². The number of aryl methyl sites for hydroxylation is 2. The van der Waals surface area contributed by atoms with Crippen molar-refractivity contribution in [3.05, 3.63) is 41.3 Å². The minimum absolute atomic E-state index is 0.00400. The number of nitrogens with zero attached hydrogens (tertiary/aromatic N) is 4. The van der Waals surface area contributed by atoms with Gasteiger partial charge in [0.05, 0.1) is 17.5 Å². The molecule has 0 aromatic carbocycles. The molecule has 3 atom stereocenters. The van der Waals surface area contributed by atoms with E-state index < -0.39 is 0 Å². The van der Waals surface area contributed by atoms with Crippen LogP contribution in [0.2, 0.25) is 0 Å². The zero-order valence-electron chi connectivity index (χ0n) is 13.1. The number of amides is 1. The SMILES string of the molecule is Cc1noc(C)c1C(=O)N1C[C@@H]2C[C@@H](c3ccncn3)O[C@@H]2C1. The average Bonchev–Trinajstić information content (AvgIpc) is 3.21. The predicted octanol–water partition coefficient (Wildman–Crippen LogP) is 1.68. The quantitative estimate of drug-likeness (QED) is 0.839. The molecule has 2 aromatic rings. The van der Waals surface area contributed by atoms with E-state index in [1.54, 1.807) is 26.4 Å². The van der Waals surface area contributed by atoms with Gasteiger partial charge in [-0.25, -0.2) is 9.97 Å². The summed E-state index contributed by atoms with van der Waals surface area (Å²) in [5, 5.41) is 3.86. The van der Waals surface area contributed by atoms with Crippen LogP contribution in [-0.2, 0) is 4.74 Å². The zero-order chi connectivity index (χ0) is 16.0. The molecule has 7 nitrogen and oxygen atoms in total. The molecule has 1 amide bonds. The van der Waals surface area contributed by atoms with E-state index in [0.29, 0.717) is 36.0 Å². The van der Waals surface area contributed by atoms with Crippen LogP contribution in [0.25, 0.3) is 0 Å². The molecule has 23 heavy (non-hydrogen) atoms. The summed E-state index contributed by atoms with van der Waals surface area (Å²) >= 11 is 0. The van der Waals surface area contributed by atoms with Crippen LogP contribution in [0.3, 0.4) is 0 Å². The van der Waals surface area contributed by atoms with Crippen molar-refractivity contribution in [1.29, 1.82) is 0 Å². The molecule has 0 spiro atoms. The molecule has 4 rings (SSSR count). The van der Waals surface area contributed by atoms with Crippen molar-refractivity contribution in [3.63, 3.8) is 0 Å². The first-order chi connectivity index (χ1) is 11.1. The van der Waals surface area contributed by atoms with E-state index >= 15 is 0 Å². The highest BCUT2D eigenvalue weighted by molar-refractivity contribution is 5.96. The summed E-state index contributed by atoms with van der Waals surface area (Å²) in [7, 11) is 0. The molecule has 2 aliphatic heterocycles. The number of carbonyl (C=O) groups excluding carboxylic acids is 1. The molecule has 2 fully saturated rings. The summed E-state index contributed by atoms with van der Waals surface area (Å²) in [5.74, 6) is 0.904. The number of fused-ring (bicyclic) bond motifs is 1. The van der Waals surface area contributed by atoms with E-state index in [2.05, 4.69) is 15.1 Å². The molecule has 0 bridgehead atoms. The Labute approximate surface area is 133 Å². The first-order valence-corrected chi connectivity index (χ1v) is 7.77. The van der Waals surface area contributed by atoms with E-state index in [0.717, 1.165) is 12.1 Å². The number of hydrogen-bond donors (Lipinski definition) is 0. The highest BCUT2D eigenvalue weighted by Gasteiger charge is 2.44. The van der Waals surface area contributed by atoms with Crippen molar-refractivity contribution in [1.82, 2.24) is 20.0 Å². The minimum atomic E-state index is -0.0159. The van der Waals surface area contributed by atoms with Gasteiger partial charge in [-0.1, -0.05) is 5.16 Å². The van der Waals surface area contributed by atoms with Gasteiger partial charge in [0.1, 0.15) is 23.8 Å².